The van der Waals surface area contributed by atoms with Crippen molar-refractivity contribution in [3.05, 3.63) is 170 Å². The Bertz CT molecular complexity index is 3410. The van der Waals surface area contributed by atoms with Gasteiger partial charge in [-0.3, -0.25) is 0 Å². The van der Waals surface area contributed by atoms with E-state index in [1.54, 1.807) is 0 Å². The third-order valence-electron chi connectivity index (χ3n) is 10.9. The highest BCUT2D eigenvalue weighted by molar-refractivity contribution is 6.25. The predicted octanol–water partition coefficient (Wildman–Crippen LogP) is 13.3. The van der Waals surface area contributed by atoms with Gasteiger partial charge in [-0.1, -0.05) is 91.0 Å². The minimum Gasteiger partial charge on any atom is -0.456 e. The van der Waals surface area contributed by atoms with Crippen LogP contribution < -0.4 is 0 Å². The van der Waals surface area contributed by atoms with Crippen molar-refractivity contribution in [2.45, 2.75) is 0 Å². The molecule has 0 aliphatic carbocycles. The van der Waals surface area contributed by atoms with Crippen LogP contribution in [0.3, 0.4) is 0 Å². The summed E-state index contributed by atoms with van der Waals surface area (Å²) in [6, 6.07) is 60.5. The Morgan fingerprint density at radius 1 is 0.327 bits per heavy atom. The smallest absolute Gasteiger partial charge is 0.137 e. The summed E-state index contributed by atoms with van der Waals surface area (Å²) in [6.07, 6.45) is 0. The number of para-hydroxylation sites is 4. The fraction of sp³-hybridized carbons (Fsp3) is 0. The highest BCUT2D eigenvalue weighted by atomic mass is 16.3. The van der Waals surface area contributed by atoms with Gasteiger partial charge in [0.15, 0.2) is 0 Å². The summed E-state index contributed by atoms with van der Waals surface area (Å²) >= 11 is 0. The van der Waals surface area contributed by atoms with Crippen LogP contribution in [0.1, 0.15) is 0 Å². The Hall–Kier alpha value is -7.04. The number of nitrogens with zero attached hydrogens (tertiary/aromatic N) is 2. The molecule has 0 atom stereocenters. The second kappa shape index (κ2) is 10.3. The number of hydrogen-bond acceptors (Lipinski definition) is 2. The number of rotatable bonds is 3. The molecule has 0 saturated heterocycles. The molecular weight excluding hydrogens is 637 g/mol. The van der Waals surface area contributed by atoms with E-state index in [2.05, 4.69) is 173 Å². The summed E-state index contributed by atoms with van der Waals surface area (Å²) in [7, 11) is 0. The maximum absolute atomic E-state index is 6.57. The summed E-state index contributed by atoms with van der Waals surface area (Å²) in [6.45, 7) is 0. The van der Waals surface area contributed by atoms with Gasteiger partial charge in [0, 0.05) is 49.1 Å². The van der Waals surface area contributed by atoms with Crippen molar-refractivity contribution >= 4 is 87.5 Å². The maximum atomic E-state index is 6.57. The molecule has 8 aromatic carbocycles. The van der Waals surface area contributed by atoms with Crippen LogP contribution in [0, 0.1) is 0 Å². The van der Waals surface area contributed by atoms with Gasteiger partial charge in [0.25, 0.3) is 0 Å². The lowest BCUT2D eigenvalue weighted by molar-refractivity contribution is 0.668. The van der Waals surface area contributed by atoms with Crippen LogP contribution in [-0.2, 0) is 0 Å². The molecule has 0 spiro atoms. The van der Waals surface area contributed by atoms with Gasteiger partial charge in [-0.2, -0.15) is 0 Å². The summed E-state index contributed by atoms with van der Waals surface area (Å²) in [4.78, 5) is 0. The molecule has 4 aromatic heterocycles. The lowest BCUT2D eigenvalue weighted by Crippen LogP contribution is -1.94. The molecule has 4 nitrogen and oxygen atoms in total. The van der Waals surface area contributed by atoms with Gasteiger partial charge in [0.1, 0.15) is 22.3 Å². The third kappa shape index (κ3) is 3.70. The van der Waals surface area contributed by atoms with Crippen molar-refractivity contribution in [1.82, 2.24) is 9.13 Å². The van der Waals surface area contributed by atoms with E-state index in [1.165, 1.54) is 32.6 Å². The van der Waals surface area contributed by atoms with Crippen LogP contribution in [0.4, 0.5) is 0 Å². The second-order valence-electron chi connectivity index (χ2n) is 13.7. The zero-order chi connectivity index (χ0) is 33.9. The van der Waals surface area contributed by atoms with Crippen LogP contribution in [-0.4, -0.2) is 9.13 Å². The number of furan rings is 2. The van der Waals surface area contributed by atoms with Crippen molar-refractivity contribution in [2.75, 3.05) is 0 Å². The van der Waals surface area contributed by atoms with E-state index in [1.807, 2.05) is 6.07 Å². The summed E-state index contributed by atoms with van der Waals surface area (Å²) in [5.41, 5.74) is 12.8. The van der Waals surface area contributed by atoms with E-state index in [4.69, 9.17) is 8.83 Å². The van der Waals surface area contributed by atoms with E-state index in [9.17, 15) is 0 Å². The fourth-order valence-corrected chi connectivity index (χ4v) is 8.72. The monoisotopic (exact) mass is 664 g/mol. The van der Waals surface area contributed by atoms with Crippen LogP contribution in [0.5, 0.6) is 0 Å². The standard InChI is InChI=1S/C48H28N2O2/c1-2-11-30(12-3-1)49-39-17-7-5-14-34(39)37-27-29(21-24-41(37)49)32-16-10-20-44-46(32)38-28-31(22-25-43(38)52-44)50-40-18-8-4-13-33(40)35-23-26-45-47(48(35)50)36-15-6-9-19-42(36)51-45/h1-28H. The predicted molar refractivity (Wildman–Crippen MR) is 215 cm³/mol. The molecule has 0 aliphatic heterocycles. The number of benzene rings is 8. The summed E-state index contributed by atoms with van der Waals surface area (Å²) in [5, 5.41) is 9.33. The second-order valence-corrected chi connectivity index (χ2v) is 13.7. The SMILES string of the molecule is c1ccc(-n2c3ccccc3c3cc(-c4cccc5oc6ccc(-n7c8ccccc8c8ccc9oc%10ccccc%10c9c87)cc6c45)ccc32)cc1. The maximum Gasteiger partial charge on any atom is 0.137 e. The highest BCUT2D eigenvalue weighted by Gasteiger charge is 2.21. The molecule has 0 radical (unpaired) electrons. The Morgan fingerprint density at radius 2 is 0.962 bits per heavy atom. The van der Waals surface area contributed by atoms with Crippen molar-refractivity contribution < 1.29 is 8.83 Å². The minimum atomic E-state index is 0.868. The Balaban J connectivity index is 1.13. The lowest BCUT2D eigenvalue weighted by Gasteiger charge is -2.10. The van der Waals surface area contributed by atoms with Crippen LogP contribution in [0.25, 0.3) is 110 Å². The van der Waals surface area contributed by atoms with Crippen molar-refractivity contribution in [3.8, 4) is 22.5 Å². The quantitative estimate of drug-likeness (QED) is 0.188. The first-order chi connectivity index (χ1) is 25.8. The van der Waals surface area contributed by atoms with E-state index in [0.717, 1.165) is 77.4 Å². The molecule has 12 rings (SSSR count). The molecule has 0 amide bonds. The lowest BCUT2D eigenvalue weighted by atomic mass is 9.97. The Labute approximate surface area is 296 Å². The Morgan fingerprint density at radius 3 is 1.81 bits per heavy atom. The van der Waals surface area contributed by atoms with Crippen LogP contribution >= 0.6 is 0 Å². The van der Waals surface area contributed by atoms with Gasteiger partial charge in [0.05, 0.1) is 27.5 Å². The molecule has 4 heterocycles. The van der Waals surface area contributed by atoms with Crippen molar-refractivity contribution in [3.63, 3.8) is 0 Å². The fourth-order valence-electron chi connectivity index (χ4n) is 8.72. The van der Waals surface area contributed by atoms with Gasteiger partial charge in [-0.25, -0.2) is 0 Å². The number of aromatic nitrogens is 2. The first-order valence-electron chi connectivity index (χ1n) is 17.7. The average Bonchev–Trinajstić information content (AvgIpc) is 3.95. The molecule has 0 aliphatic rings. The average molecular weight is 665 g/mol. The van der Waals surface area contributed by atoms with Crippen LogP contribution in [0.2, 0.25) is 0 Å². The molecule has 0 bridgehead atoms. The summed E-state index contributed by atoms with van der Waals surface area (Å²) < 4.78 is 17.7. The molecule has 12 aromatic rings. The summed E-state index contributed by atoms with van der Waals surface area (Å²) in [5.74, 6) is 0. The third-order valence-corrected chi connectivity index (χ3v) is 10.9. The largest absolute Gasteiger partial charge is 0.456 e. The highest BCUT2D eigenvalue weighted by Crippen LogP contribution is 2.43. The molecule has 0 unspecified atom stereocenters. The van der Waals surface area contributed by atoms with E-state index in [-0.39, 0.29) is 0 Å². The van der Waals surface area contributed by atoms with Gasteiger partial charge >= 0.3 is 0 Å². The Kier molecular flexibility index (Phi) is 5.47. The van der Waals surface area contributed by atoms with E-state index in [0.29, 0.717) is 0 Å². The van der Waals surface area contributed by atoms with E-state index >= 15 is 0 Å². The van der Waals surface area contributed by atoms with Gasteiger partial charge in [-0.05, 0) is 90.0 Å². The molecule has 52 heavy (non-hydrogen) atoms. The zero-order valence-electron chi connectivity index (χ0n) is 27.9. The van der Waals surface area contributed by atoms with Crippen LogP contribution in [0.15, 0.2) is 179 Å². The molecule has 0 N–H and O–H groups in total. The molecule has 0 saturated carbocycles. The molecule has 4 heteroatoms. The van der Waals surface area contributed by atoms with Gasteiger partial charge < -0.3 is 18.0 Å². The number of fused-ring (bicyclic) bond motifs is 13. The van der Waals surface area contributed by atoms with Gasteiger partial charge in [-0.15, -0.1) is 0 Å². The molecular formula is C48H28N2O2. The topological polar surface area (TPSA) is 36.1 Å². The number of hydrogen-bond donors (Lipinski definition) is 0. The van der Waals surface area contributed by atoms with Crippen molar-refractivity contribution in [2.24, 2.45) is 0 Å². The molecule has 0 fully saturated rings. The normalized spacial score (nSPS) is 12.2. The zero-order valence-corrected chi connectivity index (χ0v) is 27.9. The van der Waals surface area contributed by atoms with E-state index < -0.39 is 0 Å². The van der Waals surface area contributed by atoms with Gasteiger partial charge in [0.2, 0.25) is 0 Å². The molecule has 242 valence electrons. The minimum absolute atomic E-state index is 0.868. The first kappa shape index (κ1) is 27.7. The first-order valence-corrected chi connectivity index (χ1v) is 17.7. The van der Waals surface area contributed by atoms with Crippen molar-refractivity contribution in [1.29, 1.82) is 0 Å².